The van der Waals surface area contributed by atoms with Crippen LogP contribution in [0.4, 0.5) is 0 Å². The van der Waals surface area contributed by atoms with Crippen LogP contribution in [0.3, 0.4) is 0 Å². The molecular formula is C20H21N3O2. The van der Waals surface area contributed by atoms with Gasteiger partial charge in [-0.1, -0.05) is 30.3 Å². The molecule has 0 unspecified atom stereocenters. The molecule has 1 amide bonds. The maximum absolute atomic E-state index is 12.8. The summed E-state index contributed by atoms with van der Waals surface area (Å²) in [5.41, 5.74) is 1.33. The standard InChI is InChI=1S/C20H21N3O2/c1-22-12-9-15-7-8-17(21-18(15)22)19(24)23-13-10-20(25,11-14-23)16-5-3-2-4-6-16/h2-9,12,25H,10-11,13-14H2,1H3. The molecule has 1 aliphatic heterocycles. The molecule has 0 atom stereocenters. The maximum atomic E-state index is 12.8. The number of amides is 1. The first-order valence-electron chi connectivity index (χ1n) is 8.56. The van der Waals surface area contributed by atoms with Gasteiger partial charge in [-0.2, -0.15) is 0 Å². The van der Waals surface area contributed by atoms with Gasteiger partial charge in [0.05, 0.1) is 5.60 Å². The molecule has 0 spiro atoms. The van der Waals surface area contributed by atoms with E-state index in [0.29, 0.717) is 31.6 Å². The van der Waals surface area contributed by atoms with Crippen molar-refractivity contribution in [2.24, 2.45) is 7.05 Å². The fourth-order valence-corrected chi connectivity index (χ4v) is 3.53. The smallest absolute Gasteiger partial charge is 0.272 e. The van der Waals surface area contributed by atoms with E-state index in [1.807, 2.05) is 60.3 Å². The Morgan fingerprint density at radius 3 is 2.52 bits per heavy atom. The van der Waals surface area contributed by atoms with Crippen molar-refractivity contribution in [1.29, 1.82) is 0 Å². The van der Waals surface area contributed by atoms with Crippen LogP contribution in [0.15, 0.2) is 54.7 Å². The number of hydrogen-bond acceptors (Lipinski definition) is 3. The third kappa shape index (κ3) is 2.81. The van der Waals surface area contributed by atoms with Gasteiger partial charge in [-0.15, -0.1) is 0 Å². The highest BCUT2D eigenvalue weighted by Gasteiger charge is 2.35. The van der Waals surface area contributed by atoms with Crippen LogP contribution in [0.25, 0.3) is 11.0 Å². The van der Waals surface area contributed by atoms with Gasteiger partial charge in [-0.05, 0) is 36.6 Å². The highest BCUT2D eigenvalue weighted by Crippen LogP contribution is 2.33. The highest BCUT2D eigenvalue weighted by atomic mass is 16.3. The summed E-state index contributed by atoms with van der Waals surface area (Å²) in [6, 6.07) is 15.4. The van der Waals surface area contributed by atoms with E-state index in [1.54, 1.807) is 11.0 Å². The quantitative estimate of drug-likeness (QED) is 0.783. The topological polar surface area (TPSA) is 58.4 Å². The number of aryl methyl sites for hydroxylation is 1. The zero-order chi connectivity index (χ0) is 17.4. The van der Waals surface area contributed by atoms with E-state index < -0.39 is 5.60 Å². The number of aliphatic hydroxyl groups is 1. The predicted octanol–water partition coefficient (Wildman–Crippen LogP) is 2.70. The summed E-state index contributed by atoms with van der Waals surface area (Å²) in [6.45, 7) is 1.05. The molecule has 0 saturated carbocycles. The molecule has 25 heavy (non-hydrogen) atoms. The first kappa shape index (κ1) is 15.8. The molecule has 3 aromatic rings. The van der Waals surface area contributed by atoms with Crippen molar-refractivity contribution in [1.82, 2.24) is 14.5 Å². The number of aromatic nitrogens is 2. The minimum absolute atomic E-state index is 0.0711. The van der Waals surface area contributed by atoms with E-state index >= 15 is 0 Å². The van der Waals surface area contributed by atoms with Crippen molar-refractivity contribution in [2.45, 2.75) is 18.4 Å². The number of pyridine rings is 1. The van der Waals surface area contributed by atoms with E-state index in [4.69, 9.17) is 0 Å². The van der Waals surface area contributed by atoms with Gasteiger partial charge in [0.1, 0.15) is 11.3 Å². The molecule has 128 valence electrons. The summed E-state index contributed by atoms with van der Waals surface area (Å²) in [6.07, 6.45) is 3.01. The van der Waals surface area contributed by atoms with Crippen LogP contribution in [-0.2, 0) is 12.6 Å². The van der Waals surface area contributed by atoms with Crippen molar-refractivity contribution in [3.05, 3.63) is 66.0 Å². The normalized spacial score (nSPS) is 17.0. The Bertz CT molecular complexity index is 909. The average Bonchev–Trinajstić information content (AvgIpc) is 3.03. The first-order chi connectivity index (χ1) is 12.1. The van der Waals surface area contributed by atoms with Gasteiger partial charge >= 0.3 is 0 Å². The number of nitrogens with zero attached hydrogens (tertiary/aromatic N) is 3. The molecule has 1 fully saturated rings. The molecule has 1 N–H and O–H groups in total. The van der Waals surface area contributed by atoms with Crippen LogP contribution in [-0.4, -0.2) is 38.6 Å². The zero-order valence-electron chi connectivity index (χ0n) is 14.2. The molecule has 5 heteroatoms. The number of rotatable bonds is 2. The van der Waals surface area contributed by atoms with Crippen molar-refractivity contribution < 1.29 is 9.90 Å². The molecule has 5 nitrogen and oxygen atoms in total. The molecule has 2 aromatic heterocycles. The SMILES string of the molecule is Cn1ccc2ccc(C(=O)N3CCC(O)(c4ccccc4)CC3)nc21. The van der Waals surface area contributed by atoms with Crippen molar-refractivity contribution in [3.8, 4) is 0 Å². The second-order valence-electron chi connectivity index (χ2n) is 6.73. The zero-order valence-corrected chi connectivity index (χ0v) is 14.2. The molecule has 1 aliphatic rings. The van der Waals surface area contributed by atoms with Gasteiger partial charge in [0.15, 0.2) is 0 Å². The van der Waals surface area contributed by atoms with E-state index in [1.165, 1.54) is 0 Å². The Balaban J connectivity index is 1.51. The van der Waals surface area contributed by atoms with Crippen LogP contribution < -0.4 is 0 Å². The first-order valence-corrected chi connectivity index (χ1v) is 8.56. The molecule has 3 heterocycles. The fraction of sp³-hybridized carbons (Fsp3) is 0.300. The van der Waals surface area contributed by atoms with Gasteiger partial charge in [0.2, 0.25) is 0 Å². The van der Waals surface area contributed by atoms with Crippen LogP contribution in [0.2, 0.25) is 0 Å². The van der Waals surface area contributed by atoms with E-state index in [2.05, 4.69) is 4.98 Å². The Hall–Kier alpha value is -2.66. The van der Waals surface area contributed by atoms with Gasteiger partial charge in [-0.3, -0.25) is 4.79 Å². The average molecular weight is 335 g/mol. The monoisotopic (exact) mass is 335 g/mol. The Labute approximate surface area is 146 Å². The fourth-order valence-electron chi connectivity index (χ4n) is 3.53. The minimum atomic E-state index is -0.854. The second kappa shape index (κ2) is 6.01. The number of benzene rings is 1. The number of likely N-dealkylation sites (tertiary alicyclic amines) is 1. The number of fused-ring (bicyclic) bond motifs is 1. The van der Waals surface area contributed by atoms with E-state index in [-0.39, 0.29) is 5.91 Å². The summed E-state index contributed by atoms with van der Waals surface area (Å²) in [5, 5.41) is 11.9. The number of carbonyl (C=O) groups excluding carboxylic acids is 1. The largest absolute Gasteiger partial charge is 0.385 e. The van der Waals surface area contributed by atoms with Crippen LogP contribution in [0.1, 0.15) is 28.9 Å². The van der Waals surface area contributed by atoms with Crippen molar-refractivity contribution in [2.75, 3.05) is 13.1 Å². The van der Waals surface area contributed by atoms with Crippen LogP contribution >= 0.6 is 0 Å². The molecule has 0 bridgehead atoms. The minimum Gasteiger partial charge on any atom is -0.385 e. The summed E-state index contributed by atoms with van der Waals surface area (Å²) in [7, 11) is 1.92. The predicted molar refractivity (Wildman–Crippen MR) is 96.2 cm³/mol. The van der Waals surface area contributed by atoms with Crippen LogP contribution in [0, 0.1) is 0 Å². The number of hydrogen-bond donors (Lipinski definition) is 1. The summed E-state index contributed by atoms with van der Waals surface area (Å²) in [4.78, 5) is 19.1. The molecular weight excluding hydrogens is 314 g/mol. The molecule has 0 aliphatic carbocycles. The van der Waals surface area contributed by atoms with E-state index in [0.717, 1.165) is 16.6 Å². The molecule has 0 radical (unpaired) electrons. The lowest BCUT2D eigenvalue weighted by Gasteiger charge is -2.38. The lowest BCUT2D eigenvalue weighted by atomic mass is 9.84. The van der Waals surface area contributed by atoms with Gasteiger partial charge in [0.25, 0.3) is 5.91 Å². The van der Waals surface area contributed by atoms with E-state index in [9.17, 15) is 9.90 Å². The lowest BCUT2D eigenvalue weighted by Crippen LogP contribution is -2.45. The molecule has 1 saturated heterocycles. The summed E-state index contributed by atoms with van der Waals surface area (Å²) in [5.74, 6) is -0.0711. The molecule has 1 aromatic carbocycles. The Morgan fingerprint density at radius 1 is 1.08 bits per heavy atom. The van der Waals surface area contributed by atoms with Crippen LogP contribution in [0.5, 0.6) is 0 Å². The number of carbonyl (C=O) groups is 1. The molecule has 4 rings (SSSR count). The Kier molecular flexibility index (Phi) is 3.81. The Morgan fingerprint density at radius 2 is 1.80 bits per heavy atom. The summed E-state index contributed by atoms with van der Waals surface area (Å²) >= 11 is 0. The third-order valence-electron chi connectivity index (χ3n) is 5.13. The van der Waals surface area contributed by atoms with Gasteiger partial charge in [-0.25, -0.2) is 4.98 Å². The van der Waals surface area contributed by atoms with Gasteiger partial charge < -0.3 is 14.6 Å². The van der Waals surface area contributed by atoms with Gasteiger partial charge in [0, 0.05) is 31.7 Å². The lowest BCUT2D eigenvalue weighted by molar-refractivity contribution is -0.0212. The highest BCUT2D eigenvalue weighted by molar-refractivity contribution is 5.94. The van der Waals surface area contributed by atoms with Crippen molar-refractivity contribution >= 4 is 16.9 Å². The maximum Gasteiger partial charge on any atom is 0.272 e. The third-order valence-corrected chi connectivity index (χ3v) is 5.13. The number of piperidine rings is 1. The summed E-state index contributed by atoms with van der Waals surface area (Å²) < 4.78 is 1.91. The second-order valence-corrected chi connectivity index (χ2v) is 6.73. The van der Waals surface area contributed by atoms with Crippen molar-refractivity contribution in [3.63, 3.8) is 0 Å².